The molecule has 9 rings (SSSR count). The van der Waals surface area contributed by atoms with Gasteiger partial charge in [-0.2, -0.15) is 0 Å². The average Bonchev–Trinajstić information content (AvgIpc) is 3.66. The van der Waals surface area contributed by atoms with Gasteiger partial charge in [0.25, 0.3) is 0 Å². The monoisotopic (exact) mass is 692 g/mol. The van der Waals surface area contributed by atoms with E-state index in [-0.39, 0.29) is 0 Å². The van der Waals surface area contributed by atoms with Crippen molar-refractivity contribution in [2.45, 2.75) is 0 Å². The van der Waals surface area contributed by atoms with Crippen molar-refractivity contribution in [3.05, 3.63) is 218 Å². The van der Waals surface area contributed by atoms with Crippen molar-refractivity contribution in [3.63, 3.8) is 0 Å². The van der Waals surface area contributed by atoms with E-state index < -0.39 is 0 Å². The fourth-order valence-electron chi connectivity index (χ4n) is 7.20. The first kappa shape index (κ1) is 32.4. The standard InChI is InChI=1S/C52H36S/c1-5-13-37(14-6-1)41-21-29-45(30-22-41)49-50(46-31-23-42(24-32-46)38-15-7-2-8-16-38)52(48-35-27-44(28-36-48)40-19-11-4-12-20-40)53-51(49)47-33-25-43(26-34-47)39-17-9-3-10-18-39/h1-36H. The van der Waals surface area contributed by atoms with Gasteiger partial charge in [-0.3, -0.25) is 0 Å². The van der Waals surface area contributed by atoms with Gasteiger partial charge in [-0.05, 0) is 66.8 Å². The number of benzene rings is 8. The highest BCUT2D eigenvalue weighted by atomic mass is 32.1. The minimum Gasteiger partial charge on any atom is -0.134 e. The topological polar surface area (TPSA) is 0 Å². The maximum Gasteiger partial charge on any atom is 0.0434 e. The fraction of sp³-hybridized carbons (Fsp3) is 0. The summed E-state index contributed by atoms with van der Waals surface area (Å²) in [7, 11) is 0. The molecular weight excluding hydrogens is 657 g/mol. The first-order valence-electron chi connectivity index (χ1n) is 18.1. The lowest BCUT2D eigenvalue weighted by atomic mass is 9.89. The molecule has 9 aromatic rings. The summed E-state index contributed by atoms with van der Waals surface area (Å²) in [6.45, 7) is 0. The lowest BCUT2D eigenvalue weighted by Crippen LogP contribution is -1.88. The summed E-state index contributed by atoms with van der Waals surface area (Å²) in [6.07, 6.45) is 0. The summed E-state index contributed by atoms with van der Waals surface area (Å²) in [4.78, 5) is 2.53. The van der Waals surface area contributed by atoms with Gasteiger partial charge in [-0.25, -0.2) is 0 Å². The zero-order chi connectivity index (χ0) is 35.4. The van der Waals surface area contributed by atoms with E-state index in [4.69, 9.17) is 0 Å². The Balaban J connectivity index is 1.24. The molecule has 0 saturated carbocycles. The zero-order valence-electron chi connectivity index (χ0n) is 29.2. The normalized spacial score (nSPS) is 11.0. The maximum atomic E-state index is 2.30. The van der Waals surface area contributed by atoms with Gasteiger partial charge in [0.15, 0.2) is 0 Å². The third kappa shape index (κ3) is 6.67. The smallest absolute Gasteiger partial charge is 0.0434 e. The lowest BCUT2D eigenvalue weighted by molar-refractivity contribution is 1.58. The Morgan fingerprint density at radius 2 is 0.358 bits per heavy atom. The summed E-state index contributed by atoms with van der Waals surface area (Å²) >= 11 is 1.89. The Hall–Kier alpha value is -6.54. The number of hydrogen-bond donors (Lipinski definition) is 0. The van der Waals surface area contributed by atoms with Gasteiger partial charge in [0.1, 0.15) is 0 Å². The molecule has 250 valence electrons. The second-order valence-electron chi connectivity index (χ2n) is 13.3. The van der Waals surface area contributed by atoms with Crippen LogP contribution in [0.15, 0.2) is 218 Å². The Kier molecular flexibility index (Phi) is 8.92. The van der Waals surface area contributed by atoms with Crippen LogP contribution in [0.25, 0.3) is 87.6 Å². The molecule has 0 saturated heterocycles. The maximum absolute atomic E-state index is 2.30. The highest BCUT2D eigenvalue weighted by molar-refractivity contribution is 7.20. The second kappa shape index (κ2) is 14.6. The van der Waals surface area contributed by atoms with E-state index in [0.717, 1.165) is 0 Å². The Morgan fingerprint density at radius 1 is 0.170 bits per heavy atom. The van der Waals surface area contributed by atoms with Gasteiger partial charge in [0.05, 0.1) is 0 Å². The van der Waals surface area contributed by atoms with Crippen molar-refractivity contribution in [1.29, 1.82) is 0 Å². The molecule has 0 spiro atoms. The molecule has 0 aliphatic rings. The molecule has 0 N–H and O–H groups in total. The molecule has 0 amide bonds. The molecule has 0 atom stereocenters. The predicted octanol–water partition coefficient (Wildman–Crippen LogP) is 15.1. The number of thiophene rings is 1. The molecule has 1 aromatic heterocycles. The molecule has 0 unspecified atom stereocenters. The molecule has 53 heavy (non-hydrogen) atoms. The van der Waals surface area contributed by atoms with Crippen molar-refractivity contribution in [1.82, 2.24) is 0 Å². The van der Waals surface area contributed by atoms with Gasteiger partial charge in [-0.15, -0.1) is 11.3 Å². The summed E-state index contributed by atoms with van der Waals surface area (Å²) in [5.41, 5.74) is 17.1. The minimum atomic E-state index is 1.21. The number of rotatable bonds is 8. The Bertz CT molecular complexity index is 2380. The van der Waals surface area contributed by atoms with Crippen LogP contribution in [0.1, 0.15) is 0 Å². The molecule has 0 fully saturated rings. The Morgan fingerprint density at radius 3 is 0.604 bits per heavy atom. The average molecular weight is 693 g/mol. The van der Waals surface area contributed by atoms with E-state index in [0.29, 0.717) is 0 Å². The molecule has 0 nitrogen and oxygen atoms in total. The molecule has 0 aliphatic heterocycles. The third-order valence-electron chi connectivity index (χ3n) is 9.98. The largest absolute Gasteiger partial charge is 0.134 e. The van der Waals surface area contributed by atoms with Gasteiger partial charge in [0, 0.05) is 20.9 Å². The molecule has 1 heteroatoms. The van der Waals surface area contributed by atoms with Crippen LogP contribution in [0, 0.1) is 0 Å². The first-order chi connectivity index (χ1) is 26.3. The zero-order valence-corrected chi connectivity index (χ0v) is 30.0. The molecule has 8 aromatic carbocycles. The molecule has 0 aliphatic carbocycles. The summed E-state index contributed by atoms with van der Waals surface area (Å²) in [6, 6.07) is 79.0. The van der Waals surface area contributed by atoms with Crippen LogP contribution >= 0.6 is 11.3 Å². The van der Waals surface area contributed by atoms with Gasteiger partial charge in [-0.1, -0.05) is 218 Å². The molecule has 0 radical (unpaired) electrons. The predicted molar refractivity (Wildman–Crippen MR) is 228 cm³/mol. The van der Waals surface area contributed by atoms with Crippen LogP contribution < -0.4 is 0 Å². The highest BCUT2D eigenvalue weighted by Crippen LogP contribution is 2.52. The summed E-state index contributed by atoms with van der Waals surface area (Å²) in [5.74, 6) is 0. The van der Waals surface area contributed by atoms with Gasteiger partial charge >= 0.3 is 0 Å². The minimum absolute atomic E-state index is 1.21. The molecule has 0 bridgehead atoms. The second-order valence-corrected chi connectivity index (χ2v) is 14.3. The molecular formula is C52H36S. The van der Waals surface area contributed by atoms with Crippen LogP contribution in [0.3, 0.4) is 0 Å². The lowest BCUT2D eigenvalue weighted by Gasteiger charge is -2.13. The van der Waals surface area contributed by atoms with E-state index in [2.05, 4.69) is 218 Å². The SMILES string of the molecule is c1ccc(-c2ccc(-c3sc(-c4ccc(-c5ccccc5)cc4)c(-c4ccc(-c5ccccc5)cc4)c3-c3ccc(-c4ccccc4)cc3)cc2)cc1. The third-order valence-corrected chi connectivity index (χ3v) is 11.3. The van der Waals surface area contributed by atoms with Crippen LogP contribution in [0.2, 0.25) is 0 Å². The van der Waals surface area contributed by atoms with E-state index in [9.17, 15) is 0 Å². The first-order valence-corrected chi connectivity index (χ1v) is 18.9. The Labute approximate surface area is 316 Å². The fourth-order valence-corrected chi connectivity index (χ4v) is 8.55. The quantitative estimate of drug-likeness (QED) is 0.149. The summed E-state index contributed by atoms with van der Waals surface area (Å²) in [5, 5.41) is 0. The van der Waals surface area contributed by atoms with Gasteiger partial charge < -0.3 is 0 Å². The van der Waals surface area contributed by atoms with Crippen LogP contribution in [-0.2, 0) is 0 Å². The van der Waals surface area contributed by atoms with E-state index >= 15 is 0 Å². The number of hydrogen-bond acceptors (Lipinski definition) is 1. The van der Waals surface area contributed by atoms with Crippen molar-refractivity contribution in [2.75, 3.05) is 0 Å². The van der Waals surface area contributed by atoms with Crippen molar-refractivity contribution in [3.8, 4) is 87.6 Å². The van der Waals surface area contributed by atoms with Crippen LogP contribution in [0.5, 0.6) is 0 Å². The van der Waals surface area contributed by atoms with E-state index in [1.807, 2.05) is 11.3 Å². The van der Waals surface area contributed by atoms with Crippen molar-refractivity contribution < 1.29 is 0 Å². The van der Waals surface area contributed by atoms with E-state index in [1.54, 1.807) is 0 Å². The van der Waals surface area contributed by atoms with Crippen LogP contribution in [-0.4, -0.2) is 0 Å². The van der Waals surface area contributed by atoms with Crippen LogP contribution in [0.4, 0.5) is 0 Å². The van der Waals surface area contributed by atoms with Crippen molar-refractivity contribution in [2.24, 2.45) is 0 Å². The van der Waals surface area contributed by atoms with Crippen molar-refractivity contribution >= 4 is 11.3 Å². The van der Waals surface area contributed by atoms with Gasteiger partial charge in [0.2, 0.25) is 0 Å². The van der Waals surface area contributed by atoms with E-state index in [1.165, 1.54) is 87.6 Å². The molecule has 1 heterocycles. The summed E-state index contributed by atoms with van der Waals surface area (Å²) < 4.78 is 0. The highest BCUT2D eigenvalue weighted by Gasteiger charge is 2.24.